The molecular weight excluding hydrogens is 350 g/mol. The normalized spacial score (nSPS) is 29.6. The van der Waals surface area contributed by atoms with Crippen molar-refractivity contribution in [2.75, 3.05) is 6.54 Å². The molecule has 0 saturated carbocycles. The third-order valence-corrected chi connectivity index (χ3v) is 7.44. The zero-order chi connectivity index (χ0) is 20.1. The maximum atomic E-state index is 13.2. The summed E-state index contributed by atoms with van der Waals surface area (Å²) in [5.41, 5.74) is 3.96. The predicted molar refractivity (Wildman–Crippen MR) is 109 cm³/mol. The van der Waals surface area contributed by atoms with Gasteiger partial charge in [-0.25, -0.2) is 4.79 Å². The van der Waals surface area contributed by atoms with Crippen LogP contribution in [0.3, 0.4) is 0 Å². The smallest absolute Gasteiger partial charge is 0.411 e. The van der Waals surface area contributed by atoms with Crippen LogP contribution in [0.1, 0.15) is 64.3 Å². The lowest BCUT2D eigenvalue weighted by Crippen LogP contribution is -3.07. The number of carbonyl (C=O) groups is 1. The van der Waals surface area contributed by atoms with Crippen LogP contribution in [-0.2, 0) is 16.7 Å². The minimum Gasteiger partial charge on any atom is -0.439 e. The zero-order valence-corrected chi connectivity index (χ0v) is 17.9. The third kappa shape index (κ3) is 2.14. The maximum absolute atomic E-state index is 13.2. The predicted octanol–water partition coefficient (Wildman–Crippen LogP) is 3.35. The van der Waals surface area contributed by atoms with Gasteiger partial charge >= 0.3 is 6.09 Å². The van der Waals surface area contributed by atoms with Gasteiger partial charge in [-0.05, 0) is 65.2 Å². The van der Waals surface area contributed by atoms with Crippen LogP contribution in [0.5, 0.6) is 0 Å². The molecule has 0 aliphatic carbocycles. The molecule has 2 fully saturated rings. The van der Waals surface area contributed by atoms with E-state index in [1.807, 2.05) is 4.90 Å². The molecule has 0 radical (unpaired) electrons. The molecular formula is C23H32N3O2+. The molecule has 1 atom stereocenters. The van der Waals surface area contributed by atoms with E-state index in [0.29, 0.717) is 6.54 Å². The Morgan fingerprint density at radius 1 is 1.11 bits per heavy atom. The first-order valence-electron chi connectivity index (χ1n) is 10.5. The van der Waals surface area contributed by atoms with Crippen LogP contribution in [0, 0.1) is 6.92 Å². The number of aromatic amines is 1. The monoisotopic (exact) mass is 382 g/mol. The number of aromatic nitrogens is 1. The van der Waals surface area contributed by atoms with Gasteiger partial charge in [0.15, 0.2) is 5.60 Å². The number of fused-ring (bicyclic) bond motifs is 3. The van der Waals surface area contributed by atoms with Crippen LogP contribution in [-0.4, -0.2) is 39.2 Å². The van der Waals surface area contributed by atoms with Gasteiger partial charge in [0.05, 0.1) is 11.1 Å². The van der Waals surface area contributed by atoms with E-state index in [1.54, 1.807) is 0 Å². The van der Waals surface area contributed by atoms with Crippen molar-refractivity contribution in [1.82, 2.24) is 9.88 Å². The molecule has 1 amide bonds. The third-order valence-electron chi connectivity index (χ3n) is 7.44. The van der Waals surface area contributed by atoms with Crippen molar-refractivity contribution in [2.24, 2.45) is 0 Å². The van der Waals surface area contributed by atoms with Gasteiger partial charge in [0.25, 0.3) is 0 Å². The quantitative estimate of drug-likeness (QED) is 0.734. The number of amides is 1. The first-order chi connectivity index (χ1) is 13.0. The van der Waals surface area contributed by atoms with E-state index in [0.717, 1.165) is 19.3 Å². The molecule has 3 aliphatic rings. The molecule has 1 aromatic heterocycles. The highest BCUT2D eigenvalue weighted by atomic mass is 16.6. The highest BCUT2D eigenvalue weighted by Gasteiger charge is 2.69. The number of quaternary nitrogens is 1. The van der Waals surface area contributed by atoms with E-state index in [9.17, 15) is 4.79 Å². The van der Waals surface area contributed by atoms with E-state index in [4.69, 9.17) is 4.74 Å². The van der Waals surface area contributed by atoms with Gasteiger partial charge < -0.3 is 15.0 Å². The number of ether oxygens (including phenoxy) is 1. The van der Waals surface area contributed by atoms with Crippen LogP contribution in [0.2, 0.25) is 0 Å². The molecule has 1 aromatic carbocycles. The Morgan fingerprint density at radius 2 is 1.79 bits per heavy atom. The van der Waals surface area contributed by atoms with Crippen molar-refractivity contribution in [1.29, 1.82) is 0 Å². The Labute approximate surface area is 166 Å². The summed E-state index contributed by atoms with van der Waals surface area (Å²) in [7, 11) is 0. The summed E-state index contributed by atoms with van der Waals surface area (Å²) in [4.78, 5) is 18.8. The lowest BCUT2D eigenvalue weighted by Gasteiger charge is -2.53. The minimum absolute atomic E-state index is 0.00184. The summed E-state index contributed by atoms with van der Waals surface area (Å²) in [6.45, 7) is 14.2. The first kappa shape index (κ1) is 18.0. The van der Waals surface area contributed by atoms with Gasteiger partial charge in [-0.2, -0.15) is 0 Å². The minimum atomic E-state index is -0.535. The number of piperidine rings is 1. The summed E-state index contributed by atoms with van der Waals surface area (Å²) < 4.78 is 6.38. The van der Waals surface area contributed by atoms with Crippen LogP contribution in [0.25, 0.3) is 10.9 Å². The Hall–Kier alpha value is -2.01. The number of aryl methyl sites for hydroxylation is 1. The molecule has 3 aliphatic heterocycles. The Kier molecular flexibility index (Phi) is 3.30. The van der Waals surface area contributed by atoms with Crippen LogP contribution >= 0.6 is 0 Å². The summed E-state index contributed by atoms with van der Waals surface area (Å²) in [5, 5.41) is 3.75. The fourth-order valence-corrected chi connectivity index (χ4v) is 6.95. The van der Waals surface area contributed by atoms with Gasteiger partial charge in [0, 0.05) is 36.0 Å². The Morgan fingerprint density at radius 3 is 2.46 bits per heavy atom. The summed E-state index contributed by atoms with van der Waals surface area (Å²) in [6, 6.07) is 6.49. The molecule has 5 heteroatoms. The summed E-state index contributed by atoms with van der Waals surface area (Å²) in [6.07, 6.45) is 2.40. The van der Waals surface area contributed by atoms with Gasteiger partial charge in [-0.1, -0.05) is 12.1 Å². The number of hydrogen-bond donors (Lipinski definition) is 2. The van der Waals surface area contributed by atoms with E-state index >= 15 is 0 Å². The topological polar surface area (TPSA) is 61.9 Å². The number of benzene rings is 1. The van der Waals surface area contributed by atoms with Crippen molar-refractivity contribution < 1.29 is 14.8 Å². The van der Waals surface area contributed by atoms with Crippen LogP contribution in [0.4, 0.5) is 4.79 Å². The number of hydrogen-bond acceptors (Lipinski definition) is 2. The average molecular weight is 383 g/mol. The molecule has 1 unspecified atom stereocenters. The maximum Gasteiger partial charge on any atom is 0.411 e. The van der Waals surface area contributed by atoms with Crippen molar-refractivity contribution in [3.63, 3.8) is 0 Å². The lowest BCUT2D eigenvalue weighted by molar-refractivity contribution is -0.792. The number of H-pyrrole nitrogens is 1. The average Bonchev–Trinajstić information content (AvgIpc) is 2.88. The molecule has 2 aromatic rings. The molecule has 1 spiro atoms. The Bertz CT molecular complexity index is 987. The highest BCUT2D eigenvalue weighted by Crippen LogP contribution is 2.56. The van der Waals surface area contributed by atoms with E-state index in [2.05, 4.69) is 70.0 Å². The van der Waals surface area contributed by atoms with Crippen molar-refractivity contribution in [3.05, 3.63) is 35.0 Å². The summed E-state index contributed by atoms with van der Waals surface area (Å²) >= 11 is 0. The molecule has 28 heavy (non-hydrogen) atoms. The standard InChI is InChI=1S/C23H31N3O2/c1-14-15-10-11-26-19(27)28-23(12-20(2,3)25-21(4,5)13-23)22(26,6)16-8-7-9-17(24-14)18(15)16/h7-9,24-25H,10-13H2,1-6H3/p+1. The first-order valence-corrected chi connectivity index (χ1v) is 10.5. The van der Waals surface area contributed by atoms with Gasteiger partial charge in [-0.3, -0.25) is 4.90 Å². The number of nitrogens with zero attached hydrogens (tertiary/aromatic N) is 1. The molecule has 4 heterocycles. The number of nitrogens with two attached hydrogens (primary N) is 1. The second kappa shape index (κ2) is 5.12. The van der Waals surface area contributed by atoms with Crippen molar-refractivity contribution >= 4 is 17.0 Å². The Balaban J connectivity index is 1.82. The fourth-order valence-electron chi connectivity index (χ4n) is 6.95. The molecule has 5 rings (SSSR count). The van der Waals surface area contributed by atoms with Gasteiger partial charge in [0.2, 0.25) is 0 Å². The molecule has 2 saturated heterocycles. The largest absolute Gasteiger partial charge is 0.439 e. The van der Waals surface area contributed by atoms with E-state index in [-0.39, 0.29) is 17.2 Å². The lowest BCUT2D eigenvalue weighted by atomic mass is 9.62. The van der Waals surface area contributed by atoms with Crippen molar-refractivity contribution in [2.45, 2.75) is 83.0 Å². The van der Waals surface area contributed by atoms with Gasteiger partial charge in [0.1, 0.15) is 5.54 Å². The molecule has 0 bridgehead atoms. The highest BCUT2D eigenvalue weighted by molar-refractivity contribution is 5.91. The van der Waals surface area contributed by atoms with Crippen LogP contribution < -0.4 is 5.32 Å². The number of rotatable bonds is 0. The fraction of sp³-hybridized carbons (Fsp3) is 0.609. The number of nitrogens with one attached hydrogen (secondary N) is 1. The van der Waals surface area contributed by atoms with Crippen molar-refractivity contribution in [3.8, 4) is 0 Å². The van der Waals surface area contributed by atoms with Gasteiger partial charge in [-0.15, -0.1) is 0 Å². The second-order valence-corrected chi connectivity index (χ2v) is 10.8. The molecule has 150 valence electrons. The van der Waals surface area contributed by atoms with E-state index < -0.39 is 11.1 Å². The SMILES string of the molecule is Cc1[nH]c2cccc3c2c1CCN1C(=O)OC2(CC(C)(C)[NH2+]C(C)(C)C2)C31C. The molecule has 5 nitrogen and oxygen atoms in total. The summed E-state index contributed by atoms with van der Waals surface area (Å²) in [5.74, 6) is 0. The number of carbonyl (C=O) groups excluding carboxylic acids is 1. The zero-order valence-electron chi connectivity index (χ0n) is 17.9. The van der Waals surface area contributed by atoms with Crippen LogP contribution in [0.15, 0.2) is 18.2 Å². The second-order valence-electron chi connectivity index (χ2n) is 10.8. The van der Waals surface area contributed by atoms with E-state index in [1.165, 1.54) is 27.7 Å². The molecule has 3 N–H and O–H groups in total.